The van der Waals surface area contributed by atoms with Crippen molar-refractivity contribution < 1.29 is 13.2 Å². The molecule has 2 rings (SSSR count). The fourth-order valence-electron chi connectivity index (χ4n) is 2.11. The second kappa shape index (κ2) is 4.78. The molecule has 1 atom stereocenters. The van der Waals surface area contributed by atoms with Gasteiger partial charge >= 0.3 is 0 Å². The lowest BCUT2D eigenvalue weighted by molar-refractivity contribution is -0.118. The Kier molecular flexibility index (Phi) is 3.53. The first kappa shape index (κ1) is 12.6. The van der Waals surface area contributed by atoms with Crippen molar-refractivity contribution in [3.05, 3.63) is 11.1 Å². The quantitative estimate of drug-likeness (QED) is 0.661. The maximum Gasteiger partial charge on any atom is 0.247 e. The molecular weight excluding hydrogens is 240 g/mol. The molecular formula is C11H18N2O3S. The summed E-state index contributed by atoms with van der Waals surface area (Å²) < 4.78 is 22.9. The summed E-state index contributed by atoms with van der Waals surface area (Å²) in [6.45, 7) is 3.33. The van der Waals surface area contributed by atoms with Crippen LogP contribution in [0.5, 0.6) is 0 Å². The molecule has 5 nitrogen and oxygen atoms in total. The van der Waals surface area contributed by atoms with Gasteiger partial charge in [-0.05, 0) is 25.3 Å². The Hall–Kier alpha value is -0.880. The van der Waals surface area contributed by atoms with Crippen molar-refractivity contribution >= 4 is 15.7 Å². The van der Waals surface area contributed by atoms with Crippen molar-refractivity contribution in [3.63, 3.8) is 0 Å². The Morgan fingerprint density at radius 2 is 2.12 bits per heavy atom. The number of rotatable bonds is 2. The van der Waals surface area contributed by atoms with Crippen molar-refractivity contribution in [2.45, 2.75) is 25.8 Å². The molecule has 2 aliphatic heterocycles. The third-order valence-electron chi connectivity index (χ3n) is 3.35. The number of carbonyl (C=O) groups is 1. The Morgan fingerprint density at radius 1 is 1.41 bits per heavy atom. The van der Waals surface area contributed by atoms with Gasteiger partial charge in [0.05, 0.1) is 11.5 Å². The van der Waals surface area contributed by atoms with Crippen molar-refractivity contribution in [3.8, 4) is 0 Å². The van der Waals surface area contributed by atoms with Crippen LogP contribution in [-0.4, -0.2) is 45.0 Å². The minimum Gasteiger partial charge on any atom is -0.349 e. The summed E-state index contributed by atoms with van der Waals surface area (Å²) in [7, 11) is -2.96. The van der Waals surface area contributed by atoms with Crippen LogP contribution in [0.1, 0.15) is 19.8 Å². The van der Waals surface area contributed by atoms with Crippen LogP contribution < -0.4 is 10.6 Å². The van der Waals surface area contributed by atoms with E-state index in [0.29, 0.717) is 6.42 Å². The van der Waals surface area contributed by atoms with Crippen LogP contribution in [0.3, 0.4) is 0 Å². The van der Waals surface area contributed by atoms with Crippen molar-refractivity contribution in [1.82, 2.24) is 10.6 Å². The van der Waals surface area contributed by atoms with Gasteiger partial charge in [0.15, 0.2) is 9.84 Å². The predicted octanol–water partition coefficient (Wildman–Crippen LogP) is -0.400. The summed E-state index contributed by atoms with van der Waals surface area (Å²) in [5.74, 6) is 0.215. The van der Waals surface area contributed by atoms with Gasteiger partial charge in [-0.3, -0.25) is 4.79 Å². The third-order valence-corrected chi connectivity index (χ3v) is 5.17. The van der Waals surface area contributed by atoms with Crippen molar-refractivity contribution in [2.75, 3.05) is 24.6 Å². The Labute approximate surface area is 102 Å². The molecule has 0 radical (unpaired) electrons. The van der Waals surface area contributed by atoms with E-state index in [1.807, 2.05) is 0 Å². The number of carbonyl (C=O) groups excluding carboxylic acids is 1. The summed E-state index contributed by atoms with van der Waals surface area (Å²) in [5.41, 5.74) is 1.84. The Morgan fingerprint density at radius 3 is 2.65 bits per heavy atom. The van der Waals surface area contributed by atoms with Gasteiger partial charge in [0.2, 0.25) is 5.91 Å². The first-order valence-electron chi connectivity index (χ1n) is 5.88. The molecule has 17 heavy (non-hydrogen) atoms. The lowest BCUT2D eigenvalue weighted by Crippen LogP contribution is -2.45. The summed E-state index contributed by atoms with van der Waals surface area (Å²) >= 11 is 0. The van der Waals surface area contributed by atoms with Crippen LogP contribution in [-0.2, 0) is 14.6 Å². The average molecular weight is 258 g/mol. The predicted molar refractivity (Wildman–Crippen MR) is 65.4 cm³/mol. The highest BCUT2D eigenvalue weighted by Crippen LogP contribution is 2.14. The van der Waals surface area contributed by atoms with E-state index in [0.717, 1.165) is 30.7 Å². The number of amides is 1. The molecule has 1 unspecified atom stereocenters. The van der Waals surface area contributed by atoms with Gasteiger partial charge in [-0.15, -0.1) is 0 Å². The lowest BCUT2D eigenvalue weighted by atomic mass is 10.0. The van der Waals surface area contributed by atoms with Crippen molar-refractivity contribution in [2.24, 2.45) is 0 Å². The van der Waals surface area contributed by atoms with Gasteiger partial charge in [0, 0.05) is 24.7 Å². The molecule has 0 saturated carbocycles. The van der Waals surface area contributed by atoms with Gasteiger partial charge in [0.25, 0.3) is 0 Å². The molecule has 0 aliphatic carbocycles. The van der Waals surface area contributed by atoms with Crippen LogP contribution in [0.25, 0.3) is 0 Å². The number of sulfone groups is 1. The summed E-state index contributed by atoms with van der Waals surface area (Å²) in [6, 6.07) is -0.218. The molecule has 2 heterocycles. The number of nitrogens with one attached hydrogen (secondary N) is 2. The second-order valence-corrected chi connectivity index (χ2v) is 6.99. The number of hydrogen-bond acceptors (Lipinski definition) is 4. The topological polar surface area (TPSA) is 75.3 Å². The van der Waals surface area contributed by atoms with E-state index in [4.69, 9.17) is 0 Å². The van der Waals surface area contributed by atoms with E-state index in [9.17, 15) is 13.2 Å². The summed E-state index contributed by atoms with van der Waals surface area (Å²) in [6.07, 6.45) is 1.40. The molecule has 6 heteroatoms. The zero-order valence-electron chi connectivity index (χ0n) is 9.95. The molecule has 0 aromatic rings. The van der Waals surface area contributed by atoms with Gasteiger partial charge in [0.1, 0.15) is 0 Å². The molecule has 1 amide bonds. The third kappa shape index (κ3) is 3.07. The molecule has 0 spiro atoms. The SMILES string of the molecule is CC(C(=O)NC1CCCS(=O)(=O)C1)=C1CNC1. The highest BCUT2D eigenvalue weighted by Gasteiger charge is 2.26. The highest BCUT2D eigenvalue weighted by molar-refractivity contribution is 7.91. The van der Waals surface area contributed by atoms with Crippen LogP contribution in [0.15, 0.2) is 11.1 Å². The Balaban J connectivity index is 1.95. The first-order chi connectivity index (χ1) is 7.98. The lowest BCUT2D eigenvalue weighted by Gasteiger charge is -2.25. The van der Waals surface area contributed by atoms with E-state index in [-0.39, 0.29) is 23.5 Å². The maximum absolute atomic E-state index is 11.9. The average Bonchev–Trinajstić information content (AvgIpc) is 2.12. The van der Waals surface area contributed by atoms with E-state index >= 15 is 0 Å². The second-order valence-electron chi connectivity index (χ2n) is 4.76. The minimum absolute atomic E-state index is 0.0829. The first-order valence-corrected chi connectivity index (χ1v) is 7.71. The molecule has 96 valence electrons. The minimum atomic E-state index is -2.96. The van der Waals surface area contributed by atoms with E-state index in [2.05, 4.69) is 10.6 Å². The monoisotopic (exact) mass is 258 g/mol. The van der Waals surface area contributed by atoms with Crippen molar-refractivity contribution in [1.29, 1.82) is 0 Å². The van der Waals surface area contributed by atoms with Gasteiger partial charge < -0.3 is 10.6 Å². The largest absolute Gasteiger partial charge is 0.349 e. The van der Waals surface area contributed by atoms with Crippen LogP contribution >= 0.6 is 0 Å². The Bertz CT molecular complexity index is 447. The molecule has 0 aromatic carbocycles. The summed E-state index contributed by atoms with van der Waals surface area (Å²) in [4.78, 5) is 11.9. The molecule has 2 fully saturated rings. The maximum atomic E-state index is 11.9. The van der Waals surface area contributed by atoms with Crippen LogP contribution in [0.2, 0.25) is 0 Å². The van der Waals surface area contributed by atoms with E-state index in [1.54, 1.807) is 6.92 Å². The van der Waals surface area contributed by atoms with Gasteiger partial charge in [-0.25, -0.2) is 8.42 Å². The molecule has 2 N–H and O–H groups in total. The van der Waals surface area contributed by atoms with Crippen LogP contribution in [0.4, 0.5) is 0 Å². The number of hydrogen-bond donors (Lipinski definition) is 2. The zero-order chi connectivity index (χ0) is 12.5. The molecule has 2 aliphatic rings. The molecule has 2 saturated heterocycles. The highest BCUT2D eigenvalue weighted by atomic mass is 32.2. The smallest absolute Gasteiger partial charge is 0.247 e. The molecule has 0 bridgehead atoms. The zero-order valence-corrected chi connectivity index (χ0v) is 10.8. The standard InChI is InChI=1S/C11H18N2O3S/c1-8(9-5-12-6-9)11(14)13-10-3-2-4-17(15,16)7-10/h10,12H,2-7H2,1H3,(H,13,14). The fraction of sp³-hybridized carbons (Fsp3) is 0.727. The summed E-state index contributed by atoms with van der Waals surface area (Å²) in [5, 5.41) is 5.90. The van der Waals surface area contributed by atoms with E-state index in [1.165, 1.54) is 0 Å². The van der Waals surface area contributed by atoms with Gasteiger partial charge in [-0.1, -0.05) is 0 Å². The van der Waals surface area contributed by atoms with E-state index < -0.39 is 9.84 Å². The normalized spacial score (nSPS) is 27.1. The van der Waals surface area contributed by atoms with Crippen LogP contribution in [0, 0.1) is 0 Å². The fourth-order valence-corrected chi connectivity index (χ4v) is 3.74. The van der Waals surface area contributed by atoms with Gasteiger partial charge in [-0.2, -0.15) is 0 Å². The molecule has 0 aromatic heterocycles.